The molecule has 1 aromatic rings. The first kappa shape index (κ1) is 18.2. The highest BCUT2D eigenvalue weighted by Gasteiger charge is 2.23. The van der Waals surface area contributed by atoms with Crippen LogP contribution in [-0.4, -0.2) is 37.0 Å². The molecule has 1 amide bonds. The van der Waals surface area contributed by atoms with Crippen LogP contribution in [0.15, 0.2) is 18.2 Å². The van der Waals surface area contributed by atoms with Gasteiger partial charge in [0.15, 0.2) is 0 Å². The number of rotatable bonds is 6. The Morgan fingerprint density at radius 1 is 1.09 bits per heavy atom. The van der Waals surface area contributed by atoms with Crippen LogP contribution in [0.25, 0.3) is 0 Å². The van der Waals surface area contributed by atoms with Crippen LogP contribution in [0.2, 0.25) is 0 Å². The van der Waals surface area contributed by atoms with Crippen molar-refractivity contribution in [1.82, 2.24) is 4.90 Å². The van der Waals surface area contributed by atoms with Gasteiger partial charge >= 0.3 is 5.97 Å². The van der Waals surface area contributed by atoms with Gasteiger partial charge in [0.25, 0.3) is 5.91 Å². The maximum atomic E-state index is 12.8. The molecular weight excluding hydrogens is 278 g/mol. The summed E-state index contributed by atoms with van der Waals surface area (Å²) in [5.41, 5.74) is 2.92. The minimum Gasteiger partial charge on any atom is -0.469 e. The van der Waals surface area contributed by atoms with Crippen molar-refractivity contribution in [3.05, 3.63) is 34.9 Å². The number of ether oxygens (including phenoxy) is 1. The lowest BCUT2D eigenvalue weighted by molar-refractivity contribution is -0.145. The van der Waals surface area contributed by atoms with Crippen LogP contribution in [0.4, 0.5) is 0 Å². The summed E-state index contributed by atoms with van der Waals surface area (Å²) in [5.74, 6) is -0.325. The number of benzene rings is 1. The molecule has 1 rings (SSSR count). The molecule has 0 fully saturated rings. The van der Waals surface area contributed by atoms with Crippen molar-refractivity contribution >= 4 is 11.9 Å². The molecular formula is C18H27NO3. The van der Waals surface area contributed by atoms with Gasteiger partial charge in [-0.15, -0.1) is 0 Å². The van der Waals surface area contributed by atoms with E-state index in [2.05, 4.69) is 13.8 Å². The van der Waals surface area contributed by atoms with E-state index in [-0.39, 0.29) is 17.8 Å². The van der Waals surface area contributed by atoms with Gasteiger partial charge in [-0.1, -0.05) is 26.8 Å². The maximum Gasteiger partial charge on any atom is 0.310 e. The van der Waals surface area contributed by atoms with Crippen LogP contribution in [0.1, 0.15) is 42.3 Å². The number of nitrogens with zero attached hydrogens (tertiary/aromatic N) is 1. The molecule has 4 nitrogen and oxygen atoms in total. The molecule has 0 aromatic heterocycles. The molecule has 1 atom stereocenters. The summed E-state index contributed by atoms with van der Waals surface area (Å²) >= 11 is 0. The predicted octanol–water partition coefficient (Wildman–Crippen LogP) is 3.21. The van der Waals surface area contributed by atoms with E-state index in [0.29, 0.717) is 24.6 Å². The van der Waals surface area contributed by atoms with Crippen molar-refractivity contribution in [2.75, 3.05) is 20.2 Å². The summed E-state index contributed by atoms with van der Waals surface area (Å²) in [6, 6.07) is 5.72. The fourth-order valence-electron chi connectivity index (χ4n) is 2.34. The number of amides is 1. The summed E-state index contributed by atoms with van der Waals surface area (Å²) in [4.78, 5) is 26.1. The highest BCUT2D eigenvalue weighted by atomic mass is 16.5. The van der Waals surface area contributed by atoms with Crippen LogP contribution in [0, 0.1) is 25.7 Å². The third kappa shape index (κ3) is 4.86. The second-order valence-corrected chi connectivity index (χ2v) is 6.33. The zero-order valence-corrected chi connectivity index (χ0v) is 14.5. The SMILES string of the molecule is COC(=O)C(C)CN(CC(C)C)C(=O)c1ccc(C)c(C)c1. The molecule has 1 aromatic carbocycles. The minimum atomic E-state index is -0.334. The summed E-state index contributed by atoms with van der Waals surface area (Å²) in [6.07, 6.45) is 0. The van der Waals surface area contributed by atoms with Crippen molar-refractivity contribution in [2.24, 2.45) is 11.8 Å². The van der Waals surface area contributed by atoms with Crippen molar-refractivity contribution in [3.63, 3.8) is 0 Å². The quantitative estimate of drug-likeness (QED) is 0.758. The van der Waals surface area contributed by atoms with E-state index in [1.54, 1.807) is 11.8 Å². The molecule has 0 aliphatic rings. The highest BCUT2D eigenvalue weighted by Crippen LogP contribution is 2.15. The van der Waals surface area contributed by atoms with Gasteiger partial charge in [0.2, 0.25) is 0 Å². The molecule has 0 saturated heterocycles. The van der Waals surface area contributed by atoms with Gasteiger partial charge < -0.3 is 9.64 Å². The highest BCUT2D eigenvalue weighted by molar-refractivity contribution is 5.94. The van der Waals surface area contributed by atoms with Gasteiger partial charge in [-0.3, -0.25) is 9.59 Å². The number of hydrogen-bond donors (Lipinski definition) is 0. The van der Waals surface area contributed by atoms with Crippen molar-refractivity contribution in [2.45, 2.75) is 34.6 Å². The first-order valence-electron chi connectivity index (χ1n) is 7.70. The molecule has 0 radical (unpaired) electrons. The average Bonchev–Trinajstić information content (AvgIpc) is 2.47. The lowest BCUT2D eigenvalue weighted by Crippen LogP contribution is -2.39. The summed E-state index contributed by atoms with van der Waals surface area (Å²) in [7, 11) is 1.37. The van der Waals surface area contributed by atoms with E-state index in [9.17, 15) is 9.59 Å². The smallest absolute Gasteiger partial charge is 0.310 e. The standard InChI is InChI=1S/C18H27NO3/c1-12(2)10-19(11-15(5)18(21)22-6)17(20)16-8-7-13(3)14(4)9-16/h7-9,12,15H,10-11H2,1-6H3. The average molecular weight is 305 g/mol. The second-order valence-electron chi connectivity index (χ2n) is 6.33. The normalized spacial score (nSPS) is 12.1. The predicted molar refractivity (Wildman–Crippen MR) is 87.8 cm³/mol. The lowest BCUT2D eigenvalue weighted by atomic mass is 10.0. The topological polar surface area (TPSA) is 46.6 Å². The Morgan fingerprint density at radius 3 is 2.23 bits per heavy atom. The Balaban J connectivity index is 2.97. The van der Waals surface area contributed by atoms with Crippen molar-refractivity contribution in [3.8, 4) is 0 Å². The Kier molecular flexibility index (Phi) is 6.60. The fraction of sp³-hybridized carbons (Fsp3) is 0.556. The zero-order valence-electron chi connectivity index (χ0n) is 14.5. The van der Waals surface area contributed by atoms with Crippen LogP contribution < -0.4 is 0 Å². The third-order valence-corrected chi connectivity index (χ3v) is 3.72. The van der Waals surface area contributed by atoms with E-state index in [1.807, 2.05) is 32.0 Å². The van der Waals surface area contributed by atoms with E-state index in [0.717, 1.165) is 11.1 Å². The van der Waals surface area contributed by atoms with Crippen molar-refractivity contribution < 1.29 is 14.3 Å². The molecule has 0 aliphatic heterocycles. The number of carbonyl (C=O) groups is 2. The van der Waals surface area contributed by atoms with Crippen molar-refractivity contribution in [1.29, 1.82) is 0 Å². The Morgan fingerprint density at radius 2 is 1.73 bits per heavy atom. The third-order valence-electron chi connectivity index (χ3n) is 3.72. The Hall–Kier alpha value is -1.84. The molecule has 0 aliphatic carbocycles. The molecule has 0 saturated carbocycles. The zero-order chi connectivity index (χ0) is 16.9. The number of aryl methyl sites for hydroxylation is 2. The summed E-state index contributed by atoms with van der Waals surface area (Å²) in [5, 5.41) is 0. The summed E-state index contributed by atoms with van der Waals surface area (Å²) < 4.78 is 4.76. The molecule has 1 unspecified atom stereocenters. The number of esters is 1. The number of methoxy groups -OCH3 is 1. The Bertz CT molecular complexity index is 537. The van der Waals surface area contributed by atoms with E-state index in [1.165, 1.54) is 7.11 Å². The second kappa shape index (κ2) is 7.97. The number of hydrogen-bond acceptors (Lipinski definition) is 3. The molecule has 4 heteroatoms. The largest absolute Gasteiger partial charge is 0.469 e. The van der Waals surface area contributed by atoms with Crippen LogP contribution in [0.3, 0.4) is 0 Å². The van der Waals surface area contributed by atoms with Gasteiger partial charge in [-0.05, 0) is 43.0 Å². The molecule has 122 valence electrons. The molecule has 0 N–H and O–H groups in total. The maximum absolute atomic E-state index is 12.8. The van der Waals surface area contributed by atoms with E-state index >= 15 is 0 Å². The Labute approximate surface area is 133 Å². The molecule has 0 bridgehead atoms. The lowest BCUT2D eigenvalue weighted by Gasteiger charge is -2.27. The van der Waals surface area contributed by atoms with E-state index in [4.69, 9.17) is 4.74 Å². The number of carbonyl (C=O) groups excluding carboxylic acids is 2. The van der Waals surface area contributed by atoms with Crippen LogP contribution in [-0.2, 0) is 9.53 Å². The van der Waals surface area contributed by atoms with Gasteiger partial charge in [0.1, 0.15) is 0 Å². The van der Waals surface area contributed by atoms with Gasteiger partial charge in [0, 0.05) is 18.7 Å². The van der Waals surface area contributed by atoms with E-state index < -0.39 is 0 Å². The first-order chi connectivity index (χ1) is 10.3. The van der Waals surface area contributed by atoms with Gasteiger partial charge in [0.05, 0.1) is 13.0 Å². The minimum absolute atomic E-state index is 0.0347. The monoisotopic (exact) mass is 305 g/mol. The van der Waals surface area contributed by atoms with Crippen LogP contribution >= 0.6 is 0 Å². The summed E-state index contributed by atoms with van der Waals surface area (Å²) in [6.45, 7) is 10.9. The molecule has 0 spiro atoms. The molecule has 0 heterocycles. The van der Waals surface area contributed by atoms with Gasteiger partial charge in [-0.2, -0.15) is 0 Å². The fourth-order valence-corrected chi connectivity index (χ4v) is 2.34. The van der Waals surface area contributed by atoms with Gasteiger partial charge in [-0.25, -0.2) is 0 Å². The molecule has 22 heavy (non-hydrogen) atoms. The van der Waals surface area contributed by atoms with Crippen LogP contribution in [0.5, 0.6) is 0 Å². The first-order valence-corrected chi connectivity index (χ1v) is 7.70.